The number of urea groups is 1. The minimum absolute atomic E-state index is 0.0332. The highest BCUT2D eigenvalue weighted by Gasteiger charge is 2.36. The summed E-state index contributed by atoms with van der Waals surface area (Å²) in [6, 6.07) is 12.5. The predicted molar refractivity (Wildman–Crippen MR) is 189 cm³/mol. The van der Waals surface area contributed by atoms with Crippen molar-refractivity contribution in [2.45, 2.75) is 63.6 Å². The first-order chi connectivity index (χ1) is 23.7. The van der Waals surface area contributed by atoms with Gasteiger partial charge in [-0.25, -0.2) is 9.59 Å². The van der Waals surface area contributed by atoms with Crippen molar-refractivity contribution >= 4 is 34.6 Å². The third-order valence-electron chi connectivity index (χ3n) is 11.0. The van der Waals surface area contributed by atoms with Crippen molar-refractivity contribution in [1.29, 1.82) is 0 Å². The standard InChI is InChI=1S/C37H50N8O4/c1-26-22-27(23-29-25-41(3)39-34(26)29)24-33(35(46)43-20-18-42(19-21-43)30-9-13-40(2)14-10-30)49-37(48)44-15-11-31(12-16-44)45-17-8-28-6-4-5-7-32(28)38-36(45)47/h4-7,22-23,25,30-31,33H,8-21,24H2,1-3H3,(H,38,47). The predicted octanol–water partition coefficient (Wildman–Crippen LogP) is 3.72. The van der Waals surface area contributed by atoms with E-state index >= 15 is 0 Å². The normalized spacial score (nSPS) is 21.0. The van der Waals surface area contributed by atoms with Crippen LogP contribution in [0.25, 0.3) is 10.9 Å². The van der Waals surface area contributed by atoms with Crippen molar-refractivity contribution in [3.05, 3.63) is 59.3 Å². The van der Waals surface area contributed by atoms with Gasteiger partial charge in [0.15, 0.2) is 6.10 Å². The molecule has 262 valence electrons. The topological polar surface area (TPSA) is 106 Å². The lowest BCUT2D eigenvalue weighted by atomic mass is 10.0. The van der Waals surface area contributed by atoms with Crippen molar-refractivity contribution in [2.24, 2.45) is 7.05 Å². The van der Waals surface area contributed by atoms with E-state index in [2.05, 4.69) is 45.5 Å². The molecule has 0 aliphatic carbocycles. The molecule has 5 heterocycles. The molecule has 12 heteroatoms. The second-order valence-corrected chi connectivity index (χ2v) is 14.4. The zero-order valence-corrected chi connectivity index (χ0v) is 29.1. The third-order valence-corrected chi connectivity index (χ3v) is 11.0. The monoisotopic (exact) mass is 670 g/mol. The van der Waals surface area contributed by atoms with E-state index < -0.39 is 12.2 Å². The lowest BCUT2D eigenvalue weighted by Crippen LogP contribution is -2.56. The number of hydrogen-bond donors (Lipinski definition) is 1. The van der Waals surface area contributed by atoms with Gasteiger partial charge in [-0.2, -0.15) is 5.10 Å². The van der Waals surface area contributed by atoms with E-state index in [4.69, 9.17) is 4.74 Å². The fraction of sp³-hybridized carbons (Fsp3) is 0.568. The lowest BCUT2D eigenvalue weighted by molar-refractivity contribution is -0.143. The fourth-order valence-electron chi connectivity index (χ4n) is 8.18. The number of likely N-dealkylation sites (tertiary alicyclic amines) is 2. The fourth-order valence-corrected chi connectivity index (χ4v) is 8.18. The van der Waals surface area contributed by atoms with Crippen LogP contribution in [0.1, 0.15) is 42.4 Å². The van der Waals surface area contributed by atoms with Crippen molar-refractivity contribution in [2.75, 3.05) is 71.3 Å². The Morgan fingerprint density at radius 1 is 0.898 bits per heavy atom. The summed E-state index contributed by atoms with van der Waals surface area (Å²) in [5.74, 6) is -0.129. The second kappa shape index (κ2) is 14.4. The molecule has 3 fully saturated rings. The Labute approximate surface area is 288 Å². The average Bonchev–Trinajstić information content (AvgIpc) is 3.40. The summed E-state index contributed by atoms with van der Waals surface area (Å²) in [5, 5.41) is 8.64. The van der Waals surface area contributed by atoms with Gasteiger partial charge >= 0.3 is 12.1 Å². The van der Waals surface area contributed by atoms with E-state index in [0.717, 1.165) is 78.7 Å². The molecule has 4 aliphatic rings. The van der Waals surface area contributed by atoms with Gasteiger partial charge in [0.2, 0.25) is 0 Å². The molecule has 1 atom stereocenters. The van der Waals surface area contributed by atoms with Crippen LogP contribution in [0, 0.1) is 6.92 Å². The highest BCUT2D eigenvalue weighted by molar-refractivity contribution is 5.91. The molecule has 4 aliphatic heterocycles. The van der Waals surface area contributed by atoms with Crippen molar-refractivity contribution in [3.63, 3.8) is 0 Å². The number of aromatic nitrogens is 2. The number of carbonyl (C=O) groups excluding carboxylic acids is 3. The number of amides is 4. The van der Waals surface area contributed by atoms with Gasteiger partial charge in [0.1, 0.15) is 0 Å². The first kappa shape index (κ1) is 33.3. The Bertz CT molecular complexity index is 1670. The maximum absolute atomic E-state index is 14.2. The Hall–Kier alpha value is -4.16. The number of aryl methyl sites for hydroxylation is 2. The van der Waals surface area contributed by atoms with Gasteiger partial charge < -0.3 is 29.7 Å². The molecule has 7 rings (SSSR count). The molecule has 3 saturated heterocycles. The maximum Gasteiger partial charge on any atom is 0.410 e. The van der Waals surface area contributed by atoms with Crippen LogP contribution in [0.3, 0.4) is 0 Å². The molecule has 1 unspecified atom stereocenters. The molecule has 12 nitrogen and oxygen atoms in total. The summed E-state index contributed by atoms with van der Waals surface area (Å²) in [7, 11) is 4.08. The summed E-state index contributed by atoms with van der Waals surface area (Å²) >= 11 is 0. The zero-order valence-electron chi connectivity index (χ0n) is 29.1. The summed E-state index contributed by atoms with van der Waals surface area (Å²) in [4.78, 5) is 51.4. The van der Waals surface area contributed by atoms with Crippen LogP contribution in [0.4, 0.5) is 15.3 Å². The zero-order chi connectivity index (χ0) is 34.1. The largest absolute Gasteiger partial charge is 0.436 e. The van der Waals surface area contributed by atoms with Gasteiger partial charge in [-0.3, -0.25) is 14.4 Å². The highest BCUT2D eigenvalue weighted by Crippen LogP contribution is 2.26. The van der Waals surface area contributed by atoms with Crippen molar-refractivity contribution < 1.29 is 19.1 Å². The number of carbonyl (C=O) groups is 3. The minimum Gasteiger partial charge on any atom is -0.436 e. The quantitative estimate of drug-likeness (QED) is 0.426. The minimum atomic E-state index is -0.927. The molecule has 0 bridgehead atoms. The van der Waals surface area contributed by atoms with Gasteiger partial charge in [0.25, 0.3) is 5.91 Å². The molecule has 49 heavy (non-hydrogen) atoms. The number of ether oxygens (including phenoxy) is 1. The smallest absolute Gasteiger partial charge is 0.410 e. The number of nitrogens with zero attached hydrogens (tertiary/aromatic N) is 7. The molecule has 0 saturated carbocycles. The lowest BCUT2D eigenvalue weighted by Gasteiger charge is -2.42. The molecule has 1 N–H and O–H groups in total. The summed E-state index contributed by atoms with van der Waals surface area (Å²) in [5.41, 5.74) is 4.91. The second-order valence-electron chi connectivity index (χ2n) is 14.4. The van der Waals surface area contributed by atoms with Crippen LogP contribution in [-0.4, -0.2) is 136 Å². The van der Waals surface area contributed by atoms with Gasteiger partial charge in [-0.1, -0.05) is 24.3 Å². The SMILES string of the molecule is Cc1cc(CC(OC(=O)N2CCC(N3CCc4ccccc4NC3=O)CC2)C(=O)N2CCN(C3CCN(C)CC3)CC2)cc2cn(C)nc12. The summed E-state index contributed by atoms with van der Waals surface area (Å²) in [6.07, 6.45) is 5.32. The molecular formula is C37H50N8O4. The van der Waals surface area contributed by atoms with E-state index in [1.54, 1.807) is 9.58 Å². The first-order valence-corrected chi connectivity index (χ1v) is 18.0. The number of piperidine rings is 2. The van der Waals surface area contributed by atoms with Crippen LogP contribution in [-0.2, 0) is 29.4 Å². The molecule has 2 aromatic carbocycles. The average molecular weight is 671 g/mol. The van der Waals surface area contributed by atoms with Gasteiger partial charge in [0, 0.05) is 88.6 Å². The highest BCUT2D eigenvalue weighted by atomic mass is 16.6. The Morgan fingerprint density at radius 3 is 2.37 bits per heavy atom. The number of benzene rings is 2. The Kier molecular flexibility index (Phi) is 9.77. The van der Waals surface area contributed by atoms with Gasteiger partial charge in [0.05, 0.1) is 5.52 Å². The maximum atomic E-state index is 14.2. The van der Waals surface area contributed by atoms with E-state index in [0.29, 0.717) is 58.0 Å². The number of rotatable bonds is 6. The number of anilines is 1. The van der Waals surface area contributed by atoms with Crippen LogP contribution in [0.15, 0.2) is 42.6 Å². The number of para-hydroxylation sites is 1. The van der Waals surface area contributed by atoms with Crippen LogP contribution < -0.4 is 5.32 Å². The molecule has 0 radical (unpaired) electrons. The van der Waals surface area contributed by atoms with Crippen molar-refractivity contribution in [1.82, 2.24) is 34.3 Å². The number of hydrogen-bond acceptors (Lipinski definition) is 7. The summed E-state index contributed by atoms with van der Waals surface area (Å²) < 4.78 is 7.95. The first-order valence-electron chi connectivity index (χ1n) is 18.0. The van der Waals surface area contributed by atoms with Gasteiger partial charge in [-0.15, -0.1) is 0 Å². The molecular weight excluding hydrogens is 620 g/mol. The Balaban J connectivity index is 1.01. The van der Waals surface area contributed by atoms with E-state index in [1.807, 2.05) is 48.2 Å². The van der Waals surface area contributed by atoms with Crippen LogP contribution in [0.5, 0.6) is 0 Å². The molecule has 4 amide bonds. The third kappa shape index (κ3) is 7.40. The van der Waals surface area contributed by atoms with E-state index in [-0.39, 0.29) is 18.0 Å². The van der Waals surface area contributed by atoms with E-state index in [1.165, 1.54) is 0 Å². The van der Waals surface area contributed by atoms with E-state index in [9.17, 15) is 14.4 Å². The van der Waals surface area contributed by atoms with Crippen LogP contribution >= 0.6 is 0 Å². The number of piperazine rings is 1. The van der Waals surface area contributed by atoms with Crippen LogP contribution in [0.2, 0.25) is 0 Å². The molecule has 0 spiro atoms. The number of fused-ring (bicyclic) bond motifs is 2. The van der Waals surface area contributed by atoms with Crippen molar-refractivity contribution in [3.8, 4) is 0 Å². The molecule has 3 aromatic rings. The Morgan fingerprint density at radius 2 is 1.61 bits per heavy atom. The summed E-state index contributed by atoms with van der Waals surface area (Å²) in [6.45, 7) is 8.76. The molecule has 1 aromatic heterocycles. The van der Waals surface area contributed by atoms with Gasteiger partial charge in [-0.05, 0) is 88.0 Å². The number of nitrogens with one attached hydrogen (secondary N) is 1.